The van der Waals surface area contributed by atoms with Gasteiger partial charge in [-0.05, 0) is 30.2 Å². The highest BCUT2D eigenvalue weighted by molar-refractivity contribution is 8.00. The molecule has 140 valence electrons. The molecule has 0 spiro atoms. The van der Waals surface area contributed by atoms with E-state index in [2.05, 4.69) is 4.98 Å². The minimum absolute atomic E-state index is 0.0612. The average molecular weight is 386 g/mol. The van der Waals surface area contributed by atoms with Gasteiger partial charge in [-0.2, -0.15) is 0 Å². The van der Waals surface area contributed by atoms with Gasteiger partial charge < -0.3 is 15.7 Å². The summed E-state index contributed by atoms with van der Waals surface area (Å²) >= 11 is 1.42. The minimum atomic E-state index is -1.18. The Hall–Kier alpha value is -2.65. The summed E-state index contributed by atoms with van der Waals surface area (Å²) in [5.74, 6) is -1.30. The van der Waals surface area contributed by atoms with Gasteiger partial charge in [-0.15, -0.1) is 11.8 Å². The first-order valence-corrected chi connectivity index (χ1v) is 9.58. The van der Waals surface area contributed by atoms with E-state index in [-0.39, 0.29) is 17.0 Å². The van der Waals surface area contributed by atoms with Crippen LogP contribution in [-0.4, -0.2) is 61.4 Å². The Kier molecular flexibility index (Phi) is 4.48. The number of hydrogen-bond acceptors (Lipinski definition) is 6. The lowest BCUT2D eigenvalue weighted by Gasteiger charge is -2.47. The lowest BCUT2D eigenvalue weighted by atomic mass is 10.0. The van der Waals surface area contributed by atoms with E-state index in [9.17, 15) is 19.5 Å². The molecule has 0 radical (unpaired) electrons. The number of aromatic nitrogens is 1. The van der Waals surface area contributed by atoms with Crippen LogP contribution in [-0.2, 0) is 20.9 Å². The van der Waals surface area contributed by atoms with Crippen molar-refractivity contribution < 1.29 is 19.5 Å². The van der Waals surface area contributed by atoms with Crippen molar-refractivity contribution in [2.75, 3.05) is 12.3 Å². The number of β-lactam (4-membered cyclic amide) rings is 1. The van der Waals surface area contributed by atoms with Crippen molar-refractivity contribution >= 4 is 29.5 Å². The van der Waals surface area contributed by atoms with Gasteiger partial charge in [-0.1, -0.05) is 6.07 Å². The van der Waals surface area contributed by atoms with Gasteiger partial charge in [0.05, 0.1) is 12.2 Å². The third-order valence-electron chi connectivity index (χ3n) is 4.88. The van der Waals surface area contributed by atoms with E-state index >= 15 is 0 Å². The Bertz CT molecular complexity index is 883. The first kappa shape index (κ1) is 17.7. The molecule has 2 saturated heterocycles. The molecule has 8 nitrogen and oxygen atoms in total. The van der Waals surface area contributed by atoms with Gasteiger partial charge in [0.1, 0.15) is 17.1 Å². The Morgan fingerprint density at radius 2 is 2.22 bits per heavy atom. The van der Waals surface area contributed by atoms with Crippen LogP contribution < -0.4 is 5.73 Å². The molecule has 3 aliphatic heterocycles. The molecular formula is C18H18N4O4S. The number of nitrogens with two attached hydrogens (primary N) is 1. The molecule has 4 rings (SSSR count). The van der Waals surface area contributed by atoms with Gasteiger partial charge in [0, 0.05) is 24.1 Å². The molecule has 2 atom stereocenters. The van der Waals surface area contributed by atoms with Crippen molar-refractivity contribution in [3.8, 4) is 0 Å². The molecule has 0 aliphatic carbocycles. The lowest BCUT2D eigenvalue weighted by molar-refractivity contribution is -0.147. The van der Waals surface area contributed by atoms with Crippen molar-refractivity contribution in [3.05, 3.63) is 53.0 Å². The van der Waals surface area contributed by atoms with Crippen LogP contribution in [0.1, 0.15) is 12.1 Å². The number of nitrogens with zero attached hydrogens (tertiary/aromatic N) is 3. The minimum Gasteiger partial charge on any atom is -0.477 e. The van der Waals surface area contributed by atoms with Crippen LogP contribution in [0.15, 0.2) is 47.3 Å². The Labute approximate surface area is 159 Å². The van der Waals surface area contributed by atoms with Crippen LogP contribution in [0.2, 0.25) is 0 Å². The first-order valence-electron chi connectivity index (χ1n) is 8.54. The summed E-state index contributed by atoms with van der Waals surface area (Å²) in [5, 5.41) is 9.24. The number of carboxylic acids is 1. The van der Waals surface area contributed by atoms with Crippen LogP contribution in [0, 0.1) is 0 Å². The van der Waals surface area contributed by atoms with Gasteiger partial charge in [-0.3, -0.25) is 19.5 Å². The highest BCUT2D eigenvalue weighted by atomic mass is 32.2. The molecule has 3 N–H and O–H groups in total. The highest BCUT2D eigenvalue weighted by Gasteiger charge is 2.51. The van der Waals surface area contributed by atoms with Gasteiger partial charge in [0.15, 0.2) is 0 Å². The normalized spacial score (nSPS) is 26.5. The zero-order chi connectivity index (χ0) is 19.1. The number of fused-ring (bicyclic) bond motifs is 1. The number of amides is 2. The number of aliphatic carboxylic acids is 1. The quantitative estimate of drug-likeness (QED) is 0.565. The molecule has 4 heterocycles. The fraction of sp³-hybridized carbons (Fsp3) is 0.333. The Morgan fingerprint density at radius 1 is 1.41 bits per heavy atom. The smallest absolute Gasteiger partial charge is 0.352 e. The maximum absolute atomic E-state index is 12.7. The number of carbonyl (C=O) groups is 3. The van der Waals surface area contributed by atoms with Crippen LogP contribution in [0.3, 0.4) is 0 Å². The molecule has 27 heavy (non-hydrogen) atoms. The third-order valence-corrected chi connectivity index (χ3v) is 6.21. The predicted octanol–water partition coefficient (Wildman–Crippen LogP) is 0.321. The number of rotatable bonds is 4. The molecule has 2 amide bonds. The molecule has 3 aliphatic rings. The lowest BCUT2D eigenvalue weighted by Crippen LogP contribution is -2.68. The molecule has 9 heteroatoms. The second kappa shape index (κ2) is 6.82. The second-order valence-electron chi connectivity index (χ2n) is 6.58. The van der Waals surface area contributed by atoms with E-state index in [1.54, 1.807) is 17.2 Å². The molecular weight excluding hydrogens is 368 g/mol. The van der Waals surface area contributed by atoms with Crippen molar-refractivity contribution in [2.45, 2.75) is 24.4 Å². The fourth-order valence-corrected chi connectivity index (χ4v) is 4.75. The number of hydrogen-bond donors (Lipinski definition) is 2. The summed E-state index contributed by atoms with van der Waals surface area (Å²) in [7, 11) is 0. The molecule has 0 unspecified atom stereocenters. The topological polar surface area (TPSA) is 117 Å². The molecule has 1 aromatic rings. The standard InChI is InChI=1S/C18H18N4O4S/c19-13-16(24)22-14(18(25)26)11(9-27-17(13)22)7-10-4-6-21(15(10)23)8-12-3-1-2-5-20-12/h1-3,5,7,13,17H,4,6,8-9,19H2,(H,25,26)/t13-,17-/m1/s1. The molecule has 0 bridgehead atoms. The van der Waals surface area contributed by atoms with Crippen LogP contribution in [0.25, 0.3) is 0 Å². The molecule has 1 aromatic heterocycles. The fourth-order valence-electron chi connectivity index (χ4n) is 3.50. The zero-order valence-electron chi connectivity index (χ0n) is 14.4. The number of allylic oxidation sites excluding steroid dienone is 1. The summed E-state index contributed by atoms with van der Waals surface area (Å²) in [6.07, 6.45) is 3.84. The molecule has 2 fully saturated rings. The number of thioether (sulfide) groups is 1. The average Bonchev–Trinajstić information content (AvgIpc) is 3.01. The zero-order valence-corrected chi connectivity index (χ0v) is 15.2. The number of carbonyl (C=O) groups excluding carboxylic acids is 2. The van der Waals surface area contributed by atoms with E-state index in [0.717, 1.165) is 5.69 Å². The van der Waals surface area contributed by atoms with Crippen molar-refractivity contribution in [2.24, 2.45) is 5.73 Å². The third kappa shape index (κ3) is 3.02. The monoisotopic (exact) mass is 386 g/mol. The van der Waals surface area contributed by atoms with E-state index in [1.807, 2.05) is 18.2 Å². The van der Waals surface area contributed by atoms with E-state index in [0.29, 0.717) is 36.4 Å². The van der Waals surface area contributed by atoms with Crippen LogP contribution >= 0.6 is 11.8 Å². The Morgan fingerprint density at radius 3 is 2.93 bits per heavy atom. The van der Waals surface area contributed by atoms with Gasteiger partial charge >= 0.3 is 5.97 Å². The van der Waals surface area contributed by atoms with Gasteiger partial charge in [0.25, 0.3) is 0 Å². The summed E-state index contributed by atoms with van der Waals surface area (Å²) in [6.45, 7) is 0.971. The van der Waals surface area contributed by atoms with Crippen LogP contribution in [0.5, 0.6) is 0 Å². The predicted molar refractivity (Wildman–Crippen MR) is 98.1 cm³/mol. The summed E-state index contributed by atoms with van der Waals surface area (Å²) in [4.78, 5) is 43.6. The number of carboxylic acid groups (broad SMARTS) is 1. The SMILES string of the molecule is N[C@@H]1C(=O)N2C(C(=O)O)=C(C=C3CCN(Cc4ccccn4)C3=O)CS[C@H]12. The first-order chi connectivity index (χ1) is 13.0. The summed E-state index contributed by atoms with van der Waals surface area (Å²) in [6, 6.07) is 4.88. The largest absolute Gasteiger partial charge is 0.477 e. The Balaban J connectivity index is 1.58. The number of pyridine rings is 1. The van der Waals surface area contributed by atoms with Crippen molar-refractivity contribution in [1.82, 2.24) is 14.8 Å². The van der Waals surface area contributed by atoms with Crippen molar-refractivity contribution in [3.63, 3.8) is 0 Å². The van der Waals surface area contributed by atoms with E-state index < -0.39 is 17.9 Å². The summed E-state index contributed by atoms with van der Waals surface area (Å²) < 4.78 is 0. The number of likely N-dealkylation sites (tertiary alicyclic amines) is 1. The van der Waals surface area contributed by atoms with Gasteiger partial charge in [-0.25, -0.2) is 4.79 Å². The molecule has 0 saturated carbocycles. The maximum atomic E-state index is 12.7. The maximum Gasteiger partial charge on any atom is 0.352 e. The van der Waals surface area contributed by atoms with E-state index in [1.165, 1.54) is 16.7 Å². The van der Waals surface area contributed by atoms with Crippen LogP contribution in [0.4, 0.5) is 0 Å². The summed E-state index contributed by atoms with van der Waals surface area (Å²) in [5.41, 5.74) is 7.52. The highest BCUT2D eigenvalue weighted by Crippen LogP contribution is 2.40. The van der Waals surface area contributed by atoms with Crippen molar-refractivity contribution in [1.29, 1.82) is 0 Å². The van der Waals surface area contributed by atoms with Gasteiger partial charge in [0.2, 0.25) is 11.8 Å². The second-order valence-corrected chi connectivity index (χ2v) is 7.69. The molecule has 0 aromatic carbocycles. The van der Waals surface area contributed by atoms with E-state index in [4.69, 9.17) is 5.73 Å².